The summed E-state index contributed by atoms with van der Waals surface area (Å²) in [7, 11) is 0. The number of benzene rings is 3. The molecule has 0 aliphatic carbocycles. The molecule has 0 saturated heterocycles. The number of thioether (sulfide) groups is 1. The molecule has 0 spiro atoms. The number of fused-ring (bicyclic) bond motifs is 1. The smallest absolute Gasteiger partial charge is 0.105 e. The third-order valence-electron chi connectivity index (χ3n) is 4.28. The van der Waals surface area contributed by atoms with Crippen LogP contribution in [0.2, 0.25) is 0 Å². The first kappa shape index (κ1) is 15.9. The second-order valence-corrected chi connectivity index (χ2v) is 7.78. The molecule has 0 fully saturated rings. The van der Waals surface area contributed by atoms with Gasteiger partial charge < -0.3 is 0 Å². The van der Waals surface area contributed by atoms with E-state index < -0.39 is 0 Å². The fraction of sp³-hybridized carbons (Fsp3) is 0.0952. The molecule has 0 N–H and O–H groups in total. The van der Waals surface area contributed by atoms with Crippen LogP contribution in [0.3, 0.4) is 0 Å². The first-order valence-electron chi connectivity index (χ1n) is 7.87. The molecule has 3 heteroatoms. The van der Waals surface area contributed by atoms with Crippen LogP contribution in [0, 0.1) is 0 Å². The summed E-state index contributed by atoms with van der Waals surface area (Å²) in [5, 5.41) is 1.11. The summed E-state index contributed by atoms with van der Waals surface area (Å²) in [4.78, 5) is 4.94. The Labute approximate surface area is 160 Å². The lowest BCUT2D eigenvalue weighted by Crippen LogP contribution is -2.22. The lowest BCUT2D eigenvalue weighted by molar-refractivity contribution is 0.879. The van der Waals surface area contributed by atoms with E-state index in [4.69, 9.17) is 4.99 Å². The van der Waals surface area contributed by atoms with Crippen molar-refractivity contribution in [2.24, 2.45) is 4.99 Å². The molecule has 1 aliphatic rings. The van der Waals surface area contributed by atoms with Gasteiger partial charge >= 0.3 is 0 Å². The topological polar surface area (TPSA) is 12.4 Å². The number of hydrogen-bond acceptors (Lipinski definition) is 2. The van der Waals surface area contributed by atoms with Crippen LogP contribution >= 0.6 is 34.4 Å². The quantitative estimate of drug-likeness (QED) is 0.349. The Hall–Kier alpha value is -1.59. The number of aliphatic imine (C=N–C) groups is 1. The minimum atomic E-state index is -0.0635. The number of para-hydroxylation sites is 1. The Morgan fingerprint density at radius 3 is 2.12 bits per heavy atom. The van der Waals surface area contributed by atoms with Gasteiger partial charge in [-0.1, -0.05) is 107 Å². The number of halogens is 1. The standard InChI is InChI=1S/C21H16INS/c22-15-21(16-9-3-1-4-10-16)19-14-8-7-13-18(19)20(24-21)23-17-11-5-2-6-12-17/h1-14H,15H2. The number of nitrogens with zero attached hydrogens (tertiary/aromatic N) is 1. The predicted molar refractivity (Wildman–Crippen MR) is 113 cm³/mol. The van der Waals surface area contributed by atoms with Crippen molar-refractivity contribution in [2.45, 2.75) is 4.75 Å². The number of alkyl halides is 1. The van der Waals surface area contributed by atoms with Crippen LogP contribution < -0.4 is 0 Å². The van der Waals surface area contributed by atoms with E-state index >= 15 is 0 Å². The summed E-state index contributed by atoms with van der Waals surface area (Å²) >= 11 is 4.39. The Balaban J connectivity index is 1.89. The maximum atomic E-state index is 4.94. The van der Waals surface area contributed by atoms with Gasteiger partial charge in [-0.3, -0.25) is 0 Å². The van der Waals surface area contributed by atoms with E-state index in [1.807, 2.05) is 30.0 Å². The van der Waals surface area contributed by atoms with Crippen molar-refractivity contribution >= 4 is 45.1 Å². The van der Waals surface area contributed by atoms with Crippen LogP contribution in [0.4, 0.5) is 5.69 Å². The molecule has 0 aromatic heterocycles. The van der Waals surface area contributed by atoms with Crippen LogP contribution in [-0.4, -0.2) is 9.47 Å². The maximum absolute atomic E-state index is 4.94. The molecule has 118 valence electrons. The molecule has 0 saturated carbocycles. The molecule has 0 bridgehead atoms. The van der Waals surface area contributed by atoms with E-state index in [9.17, 15) is 0 Å². The van der Waals surface area contributed by atoms with Crippen molar-refractivity contribution in [3.63, 3.8) is 0 Å². The third kappa shape index (κ3) is 2.70. The van der Waals surface area contributed by atoms with Gasteiger partial charge in [0.2, 0.25) is 0 Å². The summed E-state index contributed by atoms with van der Waals surface area (Å²) in [6.45, 7) is 0. The Morgan fingerprint density at radius 2 is 1.42 bits per heavy atom. The van der Waals surface area contributed by atoms with Crippen LogP contribution in [0.5, 0.6) is 0 Å². The molecule has 1 atom stereocenters. The maximum Gasteiger partial charge on any atom is 0.105 e. The van der Waals surface area contributed by atoms with Gasteiger partial charge in [0.05, 0.1) is 10.4 Å². The van der Waals surface area contributed by atoms with Crippen molar-refractivity contribution in [3.8, 4) is 0 Å². The van der Waals surface area contributed by atoms with Gasteiger partial charge in [0, 0.05) is 9.99 Å². The molecular formula is C21H16INS. The highest BCUT2D eigenvalue weighted by Gasteiger charge is 2.43. The van der Waals surface area contributed by atoms with Gasteiger partial charge in [0.15, 0.2) is 0 Å². The summed E-state index contributed by atoms with van der Waals surface area (Å²) < 4.78 is 0.941. The van der Waals surface area contributed by atoms with E-state index in [2.05, 4.69) is 89.3 Å². The van der Waals surface area contributed by atoms with Crippen molar-refractivity contribution in [2.75, 3.05) is 4.43 Å². The summed E-state index contributed by atoms with van der Waals surface area (Å²) in [6, 6.07) is 29.7. The summed E-state index contributed by atoms with van der Waals surface area (Å²) in [5.41, 5.74) is 4.97. The van der Waals surface area contributed by atoms with Crippen LogP contribution in [0.25, 0.3) is 0 Å². The van der Waals surface area contributed by atoms with Crippen molar-refractivity contribution in [1.82, 2.24) is 0 Å². The van der Waals surface area contributed by atoms with Gasteiger partial charge in [-0.15, -0.1) is 0 Å². The van der Waals surface area contributed by atoms with E-state index in [-0.39, 0.29) is 4.75 Å². The lowest BCUT2D eigenvalue weighted by Gasteiger charge is -2.27. The van der Waals surface area contributed by atoms with Crippen molar-refractivity contribution < 1.29 is 0 Å². The highest BCUT2D eigenvalue weighted by atomic mass is 127. The summed E-state index contributed by atoms with van der Waals surface area (Å²) in [5.74, 6) is 0. The van der Waals surface area contributed by atoms with Gasteiger partial charge in [-0.25, -0.2) is 4.99 Å². The van der Waals surface area contributed by atoms with E-state index in [0.717, 1.165) is 15.2 Å². The Kier molecular flexibility index (Phi) is 4.46. The number of hydrogen-bond donors (Lipinski definition) is 0. The van der Waals surface area contributed by atoms with Gasteiger partial charge in [-0.05, 0) is 23.3 Å². The molecule has 0 radical (unpaired) electrons. The molecule has 24 heavy (non-hydrogen) atoms. The third-order valence-corrected chi connectivity index (χ3v) is 7.39. The minimum Gasteiger partial charge on any atom is -0.241 e. The highest BCUT2D eigenvalue weighted by Crippen LogP contribution is 2.53. The molecule has 1 nitrogen and oxygen atoms in total. The first-order chi connectivity index (χ1) is 11.8. The van der Waals surface area contributed by atoms with E-state index in [0.29, 0.717) is 0 Å². The van der Waals surface area contributed by atoms with Gasteiger partial charge in [0.1, 0.15) is 5.04 Å². The SMILES string of the molecule is ICC1(c2ccccc2)SC(=Nc2ccccc2)c2ccccc21. The zero-order chi connectivity index (χ0) is 16.4. The van der Waals surface area contributed by atoms with Gasteiger partial charge in [-0.2, -0.15) is 0 Å². The zero-order valence-electron chi connectivity index (χ0n) is 13.0. The van der Waals surface area contributed by atoms with Crippen LogP contribution in [-0.2, 0) is 4.75 Å². The Bertz CT molecular complexity index is 877. The lowest BCUT2D eigenvalue weighted by atomic mass is 9.89. The molecule has 1 aliphatic heterocycles. The molecule has 1 unspecified atom stereocenters. The van der Waals surface area contributed by atoms with E-state index in [1.165, 1.54) is 16.7 Å². The molecule has 0 amide bonds. The fourth-order valence-corrected chi connectivity index (χ4v) is 5.78. The molecule has 4 rings (SSSR count). The molecule has 1 heterocycles. The first-order valence-corrected chi connectivity index (χ1v) is 10.2. The second kappa shape index (κ2) is 6.73. The van der Waals surface area contributed by atoms with Gasteiger partial charge in [0.25, 0.3) is 0 Å². The monoisotopic (exact) mass is 441 g/mol. The second-order valence-electron chi connectivity index (χ2n) is 5.73. The molecule has 3 aromatic carbocycles. The average molecular weight is 441 g/mol. The van der Waals surface area contributed by atoms with Crippen LogP contribution in [0.1, 0.15) is 16.7 Å². The van der Waals surface area contributed by atoms with E-state index in [1.54, 1.807) is 0 Å². The minimum absolute atomic E-state index is 0.0635. The average Bonchev–Trinajstić information content (AvgIpc) is 2.98. The number of rotatable bonds is 3. The Morgan fingerprint density at radius 1 is 0.792 bits per heavy atom. The normalized spacial score (nSPS) is 21.0. The molecular weight excluding hydrogens is 425 g/mol. The largest absolute Gasteiger partial charge is 0.241 e. The highest BCUT2D eigenvalue weighted by molar-refractivity contribution is 14.1. The summed E-state index contributed by atoms with van der Waals surface area (Å²) in [6.07, 6.45) is 0. The predicted octanol–water partition coefficient (Wildman–Crippen LogP) is 6.19. The van der Waals surface area contributed by atoms with Crippen molar-refractivity contribution in [1.29, 1.82) is 0 Å². The van der Waals surface area contributed by atoms with Crippen molar-refractivity contribution in [3.05, 3.63) is 102 Å². The zero-order valence-corrected chi connectivity index (χ0v) is 16.0. The van der Waals surface area contributed by atoms with Crippen LogP contribution in [0.15, 0.2) is 89.9 Å². The fourth-order valence-electron chi connectivity index (χ4n) is 3.10. The molecule has 3 aromatic rings.